The summed E-state index contributed by atoms with van der Waals surface area (Å²) in [4.78, 5) is 22.5. The highest BCUT2D eigenvalue weighted by atomic mass is 35.5. The van der Waals surface area contributed by atoms with E-state index in [0.717, 1.165) is 12.8 Å². The molecular formula is C23H22ClN3O5. The van der Waals surface area contributed by atoms with Crippen LogP contribution in [0.2, 0.25) is 5.15 Å². The Kier molecular flexibility index (Phi) is 6.05. The fourth-order valence-electron chi connectivity index (χ4n) is 3.11. The van der Waals surface area contributed by atoms with Crippen molar-refractivity contribution in [2.75, 3.05) is 25.6 Å². The van der Waals surface area contributed by atoms with Crippen LogP contribution in [0, 0.1) is 0 Å². The second-order valence-corrected chi connectivity index (χ2v) is 7.78. The largest absolute Gasteiger partial charge is 0.505 e. The summed E-state index contributed by atoms with van der Waals surface area (Å²) in [5.41, 5.74) is 1.10. The number of unbranched alkanes of at least 4 members (excludes halogenated alkanes) is 1. The van der Waals surface area contributed by atoms with Gasteiger partial charge in [-0.25, -0.2) is 9.78 Å². The molecule has 4 rings (SSSR count). The van der Waals surface area contributed by atoms with E-state index in [4.69, 9.17) is 25.5 Å². The van der Waals surface area contributed by atoms with Gasteiger partial charge >= 0.3 is 5.97 Å². The van der Waals surface area contributed by atoms with E-state index in [2.05, 4.69) is 9.97 Å². The van der Waals surface area contributed by atoms with Gasteiger partial charge in [0.05, 0.1) is 6.61 Å². The van der Waals surface area contributed by atoms with Crippen LogP contribution in [0.4, 0.5) is 6.01 Å². The summed E-state index contributed by atoms with van der Waals surface area (Å²) >= 11 is 6.31. The number of hydrogen-bond donors (Lipinski definition) is 1. The Bertz CT molecular complexity index is 1300. The molecule has 0 amide bonds. The van der Waals surface area contributed by atoms with E-state index in [1.807, 2.05) is 21.0 Å². The Labute approximate surface area is 189 Å². The number of nitrogens with zero attached hydrogens (tertiary/aromatic N) is 3. The van der Waals surface area contributed by atoms with Crippen LogP contribution in [0.15, 0.2) is 40.8 Å². The van der Waals surface area contributed by atoms with E-state index in [0.29, 0.717) is 39.4 Å². The molecule has 32 heavy (non-hydrogen) atoms. The summed E-state index contributed by atoms with van der Waals surface area (Å²) in [6, 6.07) is 10.8. The van der Waals surface area contributed by atoms with Gasteiger partial charge in [-0.3, -0.25) is 0 Å². The summed E-state index contributed by atoms with van der Waals surface area (Å²) < 4.78 is 16.7. The predicted octanol–water partition coefficient (Wildman–Crippen LogP) is 5.55. The number of esters is 1. The predicted molar refractivity (Wildman–Crippen MR) is 122 cm³/mol. The highest BCUT2D eigenvalue weighted by Gasteiger charge is 2.20. The number of rotatable bonds is 7. The summed E-state index contributed by atoms with van der Waals surface area (Å²) in [6.07, 6.45) is 1.61. The molecule has 0 saturated heterocycles. The molecule has 0 radical (unpaired) electrons. The first kappa shape index (κ1) is 21.7. The Balaban J connectivity index is 1.62. The minimum atomic E-state index is -0.710. The monoisotopic (exact) mass is 455 g/mol. The molecule has 166 valence electrons. The minimum Gasteiger partial charge on any atom is -0.505 e. The molecule has 0 bridgehead atoms. The zero-order valence-electron chi connectivity index (χ0n) is 17.9. The highest BCUT2D eigenvalue weighted by molar-refractivity contribution is 6.35. The first-order valence-electron chi connectivity index (χ1n) is 10.1. The van der Waals surface area contributed by atoms with Gasteiger partial charge in [-0.2, -0.15) is 4.98 Å². The molecule has 9 heteroatoms. The minimum absolute atomic E-state index is 0.0632. The van der Waals surface area contributed by atoms with Crippen LogP contribution in [-0.2, 0) is 4.74 Å². The van der Waals surface area contributed by atoms with Crippen LogP contribution in [0.1, 0.15) is 30.3 Å². The number of oxazole rings is 1. The van der Waals surface area contributed by atoms with Crippen molar-refractivity contribution in [3.05, 3.63) is 47.2 Å². The number of pyridine rings is 1. The molecule has 0 fully saturated rings. The summed E-state index contributed by atoms with van der Waals surface area (Å²) in [5.74, 6) is 0.0465. The number of hydrogen-bond acceptors (Lipinski definition) is 8. The summed E-state index contributed by atoms with van der Waals surface area (Å²) in [6.45, 7) is 2.24. The van der Waals surface area contributed by atoms with Gasteiger partial charge in [-0.05, 0) is 36.8 Å². The van der Waals surface area contributed by atoms with Crippen molar-refractivity contribution in [2.45, 2.75) is 19.8 Å². The highest BCUT2D eigenvalue weighted by Crippen LogP contribution is 2.36. The molecule has 0 aliphatic rings. The van der Waals surface area contributed by atoms with E-state index >= 15 is 0 Å². The maximum Gasteiger partial charge on any atom is 0.360 e. The number of ether oxygens (including phenoxy) is 2. The first-order valence-corrected chi connectivity index (χ1v) is 10.5. The smallest absolute Gasteiger partial charge is 0.360 e. The van der Waals surface area contributed by atoms with Crippen molar-refractivity contribution in [3.63, 3.8) is 0 Å². The Morgan fingerprint density at radius 3 is 2.62 bits per heavy atom. The van der Waals surface area contributed by atoms with Crippen LogP contribution in [0.5, 0.6) is 17.2 Å². The fraction of sp³-hybridized carbons (Fsp3) is 0.261. The van der Waals surface area contributed by atoms with E-state index in [1.54, 1.807) is 41.3 Å². The zero-order valence-corrected chi connectivity index (χ0v) is 18.6. The van der Waals surface area contributed by atoms with E-state index in [1.165, 1.54) is 0 Å². The van der Waals surface area contributed by atoms with Crippen LogP contribution in [0.3, 0.4) is 0 Å². The third kappa shape index (κ3) is 4.27. The van der Waals surface area contributed by atoms with Gasteiger partial charge < -0.3 is 23.9 Å². The van der Waals surface area contributed by atoms with Gasteiger partial charge in [0, 0.05) is 30.9 Å². The molecule has 0 spiro atoms. The number of halogens is 1. The van der Waals surface area contributed by atoms with Gasteiger partial charge in [0.2, 0.25) is 0 Å². The number of anilines is 1. The molecule has 2 aromatic carbocycles. The molecular weight excluding hydrogens is 434 g/mol. The SMILES string of the molecule is CCCCOC(=O)c1nc(Cl)c2cc(Oc3ccc4oc(N(C)C)nc4c3)ccc2c1O. The number of aromatic hydroxyl groups is 1. The van der Waals surface area contributed by atoms with Crippen LogP contribution >= 0.6 is 11.6 Å². The summed E-state index contributed by atoms with van der Waals surface area (Å²) in [5, 5.41) is 11.5. The Hall–Kier alpha value is -3.52. The second kappa shape index (κ2) is 8.92. The van der Waals surface area contributed by atoms with Gasteiger partial charge in [-0.15, -0.1) is 0 Å². The molecule has 8 nitrogen and oxygen atoms in total. The normalized spacial score (nSPS) is 11.1. The number of carbonyl (C=O) groups excluding carboxylic acids is 1. The van der Waals surface area contributed by atoms with Crippen LogP contribution in [-0.4, -0.2) is 41.7 Å². The van der Waals surface area contributed by atoms with Crippen molar-refractivity contribution < 1.29 is 23.8 Å². The Morgan fingerprint density at radius 1 is 1.12 bits per heavy atom. The van der Waals surface area contributed by atoms with E-state index < -0.39 is 5.97 Å². The molecule has 0 atom stereocenters. The number of carbonyl (C=O) groups is 1. The number of fused-ring (bicyclic) bond motifs is 2. The lowest BCUT2D eigenvalue weighted by atomic mass is 10.1. The maximum absolute atomic E-state index is 12.3. The number of benzene rings is 2. The average Bonchev–Trinajstić information content (AvgIpc) is 3.20. The third-order valence-electron chi connectivity index (χ3n) is 4.79. The molecule has 0 saturated carbocycles. The third-order valence-corrected chi connectivity index (χ3v) is 5.08. The molecule has 0 aliphatic carbocycles. The number of aromatic nitrogens is 2. The lowest BCUT2D eigenvalue weighted by molar-refractivity contribution is 0.0489. The van der Waals surface area contributed by atoms with Crippen molar-refractivity contribution >= 4 is 45.5 Å². The van der Waals surface area contributed by atoms with Gasteiger partial charge in [0.15, 0.2) is 17.0 Å². The van der Waals surface area contributed by atoms with Gasteiger partial charge in [-0.1, -0.05) is 24.9 Å². The molecule has 0 unspecified atom stereocenters. The standard InChI is InChI=1S/C23H22ClN3O5/c1-4-5-10-30-22(29)19-20(28)15-8-6-13(11-16(15)21(24)26-19)31-14-7-9-18-17(12-14)25-23(32-18)27(2)3/h6-9,11-12,28H,4-5,10H2,1-3H3. The van der Waals surface area contributed by atoms with Crippen LogP contribution < -0.4 is 9.64 Å². The summed E-state index contributed by atoms with van der Waals surface area (Å²) in [7, 11) is 3.70. The van der Waals surface area contributed by atoms with Crippen molar-refractivity contribution in [1.29, 1.82) is 0 Å². The molecule has 2 heterocycles. The lowest BCUT2D eigenvalue weighted by Crippen LogP contribution is -2.09. The first-order chi connectivity index (χ1) is 15.4. The van der Waals surface area contributed by atoms with Gasteiger partial charge in [0.25, 0.3) is 6.01 Å². The van der Waals surface area contributed by atoms with Crippen molar-refractivity contribution in [3.8, 4) is 17.2 Å². The maximum atomic E-state index is 12.3. The lowest BCUT2D eigenvalue weighted by Gasteiger charge is -2.11. The van der Waals surface area contributed by atoms with Gasteiger partial charge in [0.1, 0.15) is 22.2 Å². The van der Waals surface area contributed by atoms with Crippen LogP contribution in [0.25, 0.3) is 21.9 Å². The second-order valence-electron chi connectivity index (χ2n) is 7.42. The molecule has 1 N–H and O–H groups in total. The molecule has 2 aromatic heterocycles. The average molecular weight is 456 g/mol. The zero-order chi connectivity index (χ0) is 22.8. The molecule has 0 aliphatic heterocycles. The Morgan fingerprint density at radius 2 is 1.88 bits per heavy atom. The quantitative estimate of drug-likeness (QED) is 0.220. The van der Waals surface area contributed by atoms with Crippen molar-refractivity contribution in [2.24, 2.45) is 0 Å². The van der Waals surface area contributed by atoms with E-state index in [-0.39, 0.29) is 23.2 Å². The van der Waals surface area contributed by atoms with Crippen molar-refractivity contribution in [1.82, 2.24) is 9.97 Å². The molecule has 4 aromatic rings. The fourth-order valence-corrected chi connectivity index (χ4v) is 3.35. The van der Waals surface area contributed by atoms with E-state index in [9.17, 15) is 9.90 Å². The topological polar surface area (TPSA) is 97.9 Å².